The number of benzene rings is 1. The van der Waals surface area contributed by atoms with Crippen LogP contribution in [0, 0.1) is 11.2 Å². The molecular formula is C16H22FNO3. The first-order valence-electron chi connectivity index (χ1n) is 6.86. The maximum atomic E-state index is 13.8. The number of halogens is 1. The molecule has 0 spiro atoms. The van der Waals surface area contributed by atoms with Crippen molar-refractivity contribution in [3.05, 3.63) is 35.6 Å². The number of hydrogen-bond donors (Lipinski definition) is 2. The lowest BCUT2D eigenvalue weighted by atomic mass is 9.83. The third-order valence-corrected chi connectivity index (χ3v) is 3.73. The van der Waals surface area contributed by atoms with E-state index in [0.29, 0.717) is 12.0 Å². The van der Waals surface area contributed by atoms with E-state index >= 15 is 0 Å². The van der Waals surface area contributed by atoms with Crippen molar-refractivity contribution in [2.75, 3.05) is 6.54 Å². The molecule has 116 valence electrons. The molecular weight excluding hydrogens is 273 g/mol. The smallest absolute Gasteiger partial charge is 0.309 e. The van der Waals surface area contributed by atoms with E-state index in [2.05, 4.69) is 5.32 Å². The van der Waals surface area contributed by atoms with Gasteiger partial charge in [-0.05, 0) is 40.2 Å². The lowest BCUT2D eigenvalue weighted by Gasteiger charge is -2.26. The third-order valence-electron chi connectivity index (χ3n) is 3.73. The number of carbonyl (C=O) groups is 2. The molecule has 1 rings (SSSR count). The van der Waals surface area contributed by atoms with Crippen molar-refractivity contribution in [1.29, 1.82) is 0 Å². The van der Waals surface area contributed by atoms with Crippen LogP contribution < -0.4 is 5.32 Å². The van der Waals surface area contributed by atoms with Crippen molar-refractivity contribution in [1.82, 2.24) is 5.32 Å². The Kier molecular flexibility index (Phi) is 5.10. The van der Waals surface area contributed by atoms with Crippen LogP contribution in [0.2, 0.25) is 0 Å². The fourth-order valence-corrected chi connectivity index (χ4v) is 1.91. The van der Waals surface area contributed by atoms with Crippen LogP contribution in [-0.2, 0) is 15.0 Å². The summed E-state index contributed by atoms with van der Waals surface area (Å²) in [5, 5.41) is 11.7. The maximum absolute atomic E-state index is 13.8. The predicted octanol–water partition coefficient (Wildman–Crippen LogP) is 2.72. The van der Waals surface area contributed by atoms with Crippen LogP contribution in [0.4, 0.5) is 4.39 Å². The molecule has 0 radical (unpaired) electrons. The lowest BCUT2D eigenvalue weighted by Crippen LogP contribution is -2.42. The number of carbonyl (C=O) groups excluding carboxylic acids is 1. The zero-order valence-corrected chi connectivity index (χ0v) is 12.9. The van der Waals surface area contributed by atoms with Crippen LogP contribution in [0.25, 0.3) is 0 Å². The van der Waals surface area contributed by atoms with E-state index in [-0.39, 0.29) is 12.5 Å². The molecule has 0 aliphatic carbocycles. The minimum Gasteiger partial charge on any atom is -0.481 e. The second-order valence-corrected chi connectivity index (χ2v) is 6.30. The van der Waals surface area contributed by atoms with Gasteiger partial charge in [0.1, 0.15) is 5.82 Å². The van der Waals surface area contributed by atoms with Gasteiger partial charge in [0.2, 0.25) is 5.91 Å². The molecule has 0 aliphatic rings. The van der Waals surface area contributed by atoms with Gasteiger partial charge in [0.15, 0.2) is 0 Å². The Morgan fingerprint density at radius 3 is 2.29 bits per heavy atom. The van der Waals surface area contributed by atoms with Gasteiger partial charge >= 0.3 is 5.97 Å². The average molecular weight is 295 g/mol. The summed E-state index contributed by atoms with van der Waals surface area (Å²) in [5.74, 6) is -1.66. The molecule has 4 nitrogen and oxygen atoms in total. The van der Waals surface area contributed by atoms with Gasteiger partial charge in [-0.25, -0.2) is 4.39 Å². The van der Waals surface area contributed by atoms with E-state index < -0.39 is 22.6 Å². The van der Waals surface area contributed by atoms with E-state index in [1.165, 1.54) is 6.07 Å². The highest BCUT2D eigenvalue weighted by Gasteiger charge is 2.33. The minimum atomic E-state index is -1.02. The molecule has 0 aromatic heterocycles. The fraction of sp³-hybridized carbons (Fsp3) is 0.500. The fourth-order valence-electron chi connectivity index (χ4n) is 1.91. The molecule has 0 saturated carbocycles. The number of carboxylic acid groups (broad SMARTS) is 1. The quantitative estimate of drug-likeness (QED) is 0.848. The van der Waals surface area contributed by atoms with E-state index in [9.17, 15) is 14.0 Å². The van der Waals surface area contributed by atoms with E-state index in [1.807, 2.05) is 0 Å². The highest BCUT2D eigenvalue weighted by Crippen LogP contribution is 2.26. The molecule has 0 heterocycles. The van der Waals surface area contributed by atoms with Crippen LogP contribution in [0.5, 0.6) is 0 Å². The van der Waals surface area contributed by atoms with Gasteiger partial charge in [-0.1, -0.05) is 18.2 Å². The molecule has 0 unspecified atom stereocenters. The summed E-state index contributed by atoms with van der Waals surface area (Å²) in [4.78, 5) is 23.2. The molecule has 2 N–H and O–H groups in total. The summed E-state index contributed by atoms with van der Waals surface area (Å²) in [6.07, 6.45) is 0.307. The van der Waals surface area contributed by atoms with Crippen molar-refractivity contribution < 1.29 is 19.1 Å². The Hall–Kier alpha value is -1.91. The van der Waals surface area contributed by atoms with Gasteiger partial charge in [0, 0.05) is 12.1 Å². The molecule has 1 aromatic carbocycles. The maximum Gasteiger partial charge on any atom is 0.309 e. The largest absolute Gasteiger partial charge is 0.481 e. The second-order valence-electron chi connectivity index (χ2n) is 6.30. The Morgan fingerprint density at radius 2 is 1.76 bits per heavy atom. The van der Waals surface area contributed by atoms with E-state index in [4.69, 9.17) is 5.11 Å². The first-order valence-corrected chi connectivity index (χ1v) is 6.86. The van der Waals surface area contributed by atoms with Gasteiger partial charge in [-0.2, -0.15) is 0 Å². The molecule has 21 heavy (non-hydrogen) atoms. The zero-order valence-electron chi connectivity index (χ0n) is 12.9. The van der Waals surface area contributed by atoms with Crippen LogP contribution in [0.1, 0.15) is 39.7 Å². The van der Waals surface area contributed by atoms with E-state index in [1.54, 1.807) is 45.9 Å². The summed E-state index contributed by atoms with van der Waals surface area (Å²) >= 11 is 0. The van der Waals surface area contributed by atoms with Gasteiger partial charge in [-0.3, -0.25) is 9.59 Å². The van der Waals surface area contributed by atoms with Gasteiger partial charge in [0.25, 0.3) is 0 Å². The van der Waals surface area contributed by atoms with Crippen LogP contribution >= 0.6 is 0 Å². The van der Waals surface area contributed by atoms with Crippen LogP contribution in [0.15, 0.2) is 24.3 Å². The number of hydrogen-bond acceptors (Lipinski definition) is 2. The summed E-state index contributed by atoms with van der Waals surface area (Å²) in [7, 11) is 0. The molecule has 0 bridgehead atoms. The Bertz CT molecular complexity index is 538. The first-order chi connectivity index (χ1) is 9.59. The molecule has 0 atom stereocenters. The average Bonchev–Trinajstić information content (AvgIpc) is 2.38. The number of carboxylic acids is 1. The zero-order chi connectivity index (χ0) is 16.3. The first kappa shape index (κ1) is 17.1. The molecule has 1 aromatic rings. The topological polar surface area (TPSA) is 66.4 Å². The highest BCUT2D eigenvalue weighted by molar-refractivity contribution is 5.87. The summed E-state index contributed by atoms with van der Waals surface area (Å²) in [6.45, 7) is 6.72. The number of aliphatic carboxylic acids is 1. The van der Waals surface area contributed by atoms with Gasteiger partial charge in [0.05, 0.1) is 10.8 Å². The van der Waals surface area contributed by atoms with Crippen molar-refractivity contribution in [2.45, 2.75) is 39.5 Å². The standard InChI is InChI=1S/C16H22FNO3/c1-15(2,14(20)21)9-10-18-13(19)16(3,4)11-7-5-6-8-12(11)17/h5-8H,9-10H2,1-4H3,(H,18,19)(H,20,21). The molecule has 1 amide bonds. The Labute approximate surface area is 124 Å². The third kappa shape index (κ3) is 4.03. The Morgan fingerprint density at radius 1 is 1.19 bits per heavy atom. The molecule has 0 fully saturated rings. The monoisotopic (exact) mass is 295 g/mol. The normalized spacial score (nSPS) is 12.0. The van der Waals surface area contributed by atoms with Crippen molar-refractivity contribution in [2.24, 2.45) is 5.41 Å². The van der Waals surface area contributed by atoms with Crippen molar-refractivity contribution in [3.63, 3.8) is 0 Å². The number of amides is 1. The molecule has 0 saturated heterocycles. The molecule has 5 heteroatoms. The SMILES string of the molecule is CC(C)(CCNC(=O)C(C)(C)c1ccccc1F)C(=O)O. The minimum absolute atomic E-state index is 0.232. The lowest BCUT2D eigenvalue weighted by molar-refractivity contribution is -0.147. The van der Waals surface area contributed by atoms with Crippen LogP contribution in [0.3, 0.4) is 0 Å². The number of rotatable bonds is 6. The van der Waals surface area contributed by atoms with Gasteiger partial charge < -0.3 is 10.4 Å². The second kappa shape index (κ2) is 6.24. The van der Waals surface area contributed by atoms with Gasteiger partial charge in [-0.15, -0.1) is 0 Å². The highest BCUT2D eigenvalue weighted by atomic mass is 19.1. The van der Waals surface area contributed by atoms with Crippen molar-refractivity contribution in [3.8, 4) is 0 Å². The predicted molar refractivity (Wildman–Crippen MR) is 78.5 cm³/mol. The summed E-state index contributed by atoms with van der Waals surface area (Å²) < 4.78 is 13.8. The summed E-state index contributed by atoms with van der Waals surface area (Å²) in [5.41, 5.74) is -1.60. The Balaban J connectivity index is 2.71. The summed E-state index contributed by atoms with van der Waals surface area (Å²) in [6, 6.07) is 6.15. The van der Waals surface area contributed by atoms with Crippen molar-refractivity contribution >= 4 is 11.9 Å². The van der Waals surface area contributed by atoms with Crippen LogP contribution in [-0.4, -0.2) is 23.5 Å². The molecule has 0 aliphatic heterocycles. The van der Waals surface area contributed by atoms with E-state index in [0.717, 1.165) is 0 Å². The number of nitrogens with one attached hydrogen (secondary N) is 1.